The molecule has 3 rings (SSSR count). The molecule has 0 N–H and O–H groups in total. The van der Waals surface area contributed by atoms with Gasteiger partial charge in [-0.2, -0.15) is 0 Å². The van der Waals surface area contributed by atoms with E-state index >= 15 is 0 Å². The van der Waals surface area contributed by atoms with E-state index in [-0.39, 0.29) is 23.5 Å². The maximum Gasteiger partial charge on any atom is 0.254 e. The van der Waals surface area contributed by atoms with Crippen LogP contribution in [-0.4, -0.2) is 43.4 Å². The molecule has 2 aromatic rings. The lowest BCUT2D eigenvalue weighted by molar-refractivity contribution is 0.0681. The zero-order valence-corrected chi connectivity index (χ0v) is 17.5. The fourth-order valence-corrected chi connectivity index (χ4v) is 5.20. The van der Waals surface area contributed by atoms with E-state index in [1.807, 2.05) is 43.3 Å². The van der Waals surface area contributed by atoms with E-state index in [0.717, 1.165) is 15.8 Å². The third-order valence-electron chi connectivity index (χ3n) is 4.59. The predicted molar refractivity (Wildman–Crippen MR) is 109 cm³/mol. The van der Waals surface area contributed by atoms with Gasteiger partial charge in [-0.1, -0.05) is 28.1 Å². The minimum Gasteiger partial charge on any atom is -0.494 e. The van der Waals surface area contributed by atoms with Gasteiger partial charge < -0.3 is 9.64 Å². The van der Waals surface area contributed by atoms with Crippen LogP contribution in [0, 0.1) is 0 Å². The van der Waals surface area contributed by atoms with Crippen LogP contribution < -0.4 is 4.74 Å². The van der Waals surface area contributed by atoms with Crippen LogP contribution in [0.2, 0.25) is 0 Å². The van der Waals surface area contributed by atoms with Crippen LogP contribution in [0.1, 0.15) is 29.3 Å². The molecule has 1 unspecified atom stereocenters. The minimum atomic E-state index is -3.09. The van der Waals surface area contributed by atoms with E-state index in [1.165, 1.54) is 0 Å². The van der Waals surface area contributed by atoms with Gasteiger partial charge in [0, 0.05) is 22.6 Å². The van der Waals surface area contributed by atoms with E-state index in [4.69, 9.17) is 4.74 Å². The first-order chi connectivity index (χ1) is 12.9. The number of hydrogen-bond acceptors (Lipinski definition) is 4. The smallest absolute Gasteiger partial charge is 0.254 e. The predicted octanol–water partition coefficient (Wildman–Crippen LogP) is 3.68. The molecule has 1 saturated heterocycles. The molecule has 27 heavy (non-hydrogen) atoms. The molecule has 1 aliphatic rings. The molecule has 0 radical (unpaired) electrons. The molecule has 144 valence electrons. The summed E-state index contributed by atoms with van der Waals surface area (Å²) >= 11 is 3.37. The Bertz CT molecular complexity index is 895. The van der Waals surface area contributed by atoms with Crippen molar-refractivity contribution in [3.05, 3.63) is 64.1 Å². The van der Waals surface area contributed by atoms with E-state index in [1.54, 1.807) is 17.0 Å². The van der Waals surface area contributed by atoms with Gasteiger partial charge in [0.25, 0.3) is 5.91 Å². The first-order valence-electron chi connectivity index (χ1n) is 8.86. The molecule has 1 aliphatic heterocycles. The van der Waals surface area contributed by atoms with Crippen molar-refractivity contribution in [2.45, 2.75) is 25.9 Å². The number of carbonyl (C=O) groups excluding carboxylic acids is 1. The van der Waals surface area contributed by atoms with Crippen molar-refractivity contribution in [2.75, 3.05) is 18.1 Å². The lowest BCUT2D eigenvalue weighted by Crippen LogP contribution is -2.40. The second-order valence-corrected chi connectivity index (χ2v) is 9.72. The molecular formula is C20H22BrNO4S. The van der Waals surface area contributed by atoms with Crippen molar-refractivity contribution < 1.29 is 17.9 Å². The largest absolute Gasteiger partial charge is 0.494 e. The fourth-order valence-electron chi connectivity index (χ4n) is 3.20. The van der Waals surface area contributed by atoms with Gasteiger partial charge in [0.1, 0.15) is 5.75 Å². The summed E-state index contributed by atoms with van der Waals surface area (Å²) in [5.74, 6) is 0.770. The molecular weight excluding hydrogens is 430 g/mol. The molecule has 0 aromatic heterocycles. The number of nitrogens with zero attached hydrogens (tertiary/aromatic N) is 1. The maximum absolute atomic E-state index is 13.1. The van der Waals surface area contributed by atoms with Gasteiger partial charge in [0.2, 0.25) is 0 Å². The summed E-state index contributed by atoms with van der Waals surface area (Å²) in [6.45, 7) is 2.88. The Labute approximate surface area is 168 Å². The number of amides is 1. The van der Waals surface area contributed by atoms with Crippen LogP contribution in [0.5, 0.6) is 5.75 Å². The standard InChI is InChI=1S/C20H22BrNO4S/c1-2-26-19-9-3-15(4-10-19)13-22(18-11-12-27(24,25)14-18)20(23)16-5-7-17(21)8-6-16/h3-10,18H,2,11-14H2,1H3. The molecule has 0 spiro atoms. The van der Waals surface area contributed by atoms with Crippen molar-refractivity contribution in [2.24, 2.45) is 0 Å². The normalized spacial score (nSPS) is 18.2. The molecule has 1 atom stereocenters. The van der Waals surface area contributed by atoms with Crippen molar-refractivity contribution in [1.82, 2.24) is 4.90 Å². The number of rotatable bonds is 6. The Kier molecular flexibility index (Phi) is 6.22. The summed E-state index contributed by atoms with van der Waals surface area (Å²) in [7, 11) is -3.09. The topological polar surface area (TPSA) is 63.7 Å². The van der Waals surface area contributed by atoms with Gasteiger partial charge in [-0.05, 0) is 55.3 Å². The second-order valence-electron chi connectivity index (χ2n) is 6.57. The average Bonchev–Trinajstić information content (AvgIpc) is 3.01. The van der Waals surface area contributed by atoms with Crippen LogP contribution in [0.3, 0.4) is 0 Å². The summed E-state index contributed by atoms with van der Waals surface area (Å²) in [5, 5.41) is 0. The maximum atomic E-state index is 13.1. The fraction of sp³-hybridized carbons (Fsp3) is 0.350. The number of sulfone groups is 1. The number of benzene rings is 2. The molecule has 2 aromatic carbocycles. The zero-order valence-electron chi connectivity index (χ0n) is 15.1. The zero-order chi connectivity index (χ0) is 19.4. The number of ether oxygens (including phenoxy) is 1. The number of halogens is 1. The Morgan fingerprint density at radius 1 is 1.15 bits per heavy atom. The summed E-state index contributed by atoms with van der Waals surface area (Å²) in [6, 6.07) is 14.4. The SMILES string of the molecule is CCOc1ccc(CN(C(=O)c2ccc(Br)cc2)C2CCS(=O)(=O)C2)cc1. The molecule has 5 nitrogen and oxygen atoms in total. The van der Waals surface area contributed by atoms with Gasteiger partial charge in [-0.3, -0.25) is 4.79 Å². The summed E-state index contributed by atoms with van der Waals surface area (Å²) in [4.78, 5) is 14.8. The second kappa shape index (κ2) is 8.44. The van der Waals surface area contributed by atoms with Crippen molar-refractivity contribution in [3.8, 4) is 5.75 Å². The molecule has 0 aliphatic carbocycles. The quantitative estimate of drug-likeness (QED) is 0.671. The third kappa shape index (κ3) is 5.11. The molecule has 0 saturated carbocycles. The summed E-state index contributed by atoms with van der Waals surface area (Å²) in [6.07, 6.45) is 0.474. The molecule has 0 bridgehead atoms. The summed E-state index contributed by atoms with van der Waals surface area (Å²) < 4.78 is 30.3. The third-order valence-corrected chi connectivity index (χ3v) is 6.87. The van der Waals surface area contributed by atoms with Crippen LogP contribution in [-0.2, 0) is 16.4 Å². The van der Waals surface area contributed by atoms with Gasteiger partial charge >= 0.3 is 0 Å². The number of hydrogen-bond donors (Lipinski definition) is 0. The minimum absolute atomic E-state index is 0.0201. The van der Waals surface area contributed by atoms with Gasteiger partial charge in [0.05, 0.1) is 18.1 Å². The molecule has 1 fully saturated rings. The van der Waals surface area contributed by atoms with E-state index in [2.05, 4.69) is 15.9 Å². The Balaban J connectivity index is 1.85. The van der Waals surface area contributed by atoms with Crippen LogP contribution in [0.25, 0.3) is 0 Å². The van der Waals surface area contributed by atoms with Gasteiger partial charge in [0.15, 0.2) is 9.84 Å². The molecule has 7 heteroatoms. The molecule has 1 amide bonds. The first kappa shape index (κ1) is 19.9. The highest BCUT2D eigenvalue weighted by Crippen LogP contribution is 2.24. The highest BCUT2D eigenvalue weighted by atomic mass is 79.9. The number of carbonyl (C=O) groups is 1. The van der Waals surface area contributed by atoms with E-state index < -0.39 is 9.84 Å². The van der Waals surface area contributed by atoms with Crippen LogP contribution in [0.4, 0.5) is 0 Å². The highest BCUT2D eigenvalue weighted by Gasteiger charge is 2.35. The average molecular weight is 452 g/mol. The van der Waals surface area contributed by atoms with E-state index in [9.17, 15) is 13.2 Å². The Hall–Kier alpha value is -1.86. The van der Waals surface area contributed by atoms with Crippen molar-refractivity contribution in [3.63, 3.8) is 0 Å². The van der Waals surface area contributed by atoms with Crippen LogP contribution >= 0.6 is 15.9 Å². The first-order valence-corrected chi connectivity index (χ1v) is 11.5. The summed E-state index contributed by atoms with van der Waals surface area (Å²) in [5.41, 5.74) is 1.49. The van der Waals surface area contributed by atoms with Crippen molar-refractivity contribution in [1.29, 1.82) is 0 Å². The monoisotopic (exact) mass is 451 g/mol. The lowest BCUT2D eigenvalue weighted by atomic mass is 10.1. The van der Waals surface area contributed by atoms with Crippen LogP contribution in [0.15, 0.2) is 53.0 Å². The molecule has 1 heterocycles. The van der Waals surface area contributed by atoms with Gasteiger partial charge in [-0.25, -0.2) is 8.42 Å². The van der Waals surface area contributed by atoms with Gasteiger partial charge in [-0.15, -0.1) is 0 Å². The highest BCUT2D eigenvalue weighted by molar-refractivity contribution is 9.10. The van der Waals surface area contributed by atoms with Crippen molar-refractivity contribution >= 4 is 31.7 Å². The Morgan fingerprint density at radius 3 is 2.37 bits per heavy atom. The lowest BCUT2D eigenvalue weighted by Gasteiger charge is -2.28. The van der Waals surface area contributed by atoms with E-state index in [0.29, 0.717) is 25.1 Å². The Morgan fingerprint density at radius 2 is 1.81 bits per heavy atom.